The Morgan fingerprint density at radius 1 is 1.11 bits per heavy atom. The van der Waals surface area contributed by atoms with Crippen LogP contribution >= 0.6 is 0 Å². The minimum absolute atomic E-state index is 0.0686. The Labute approximate surface area is 116 Å². The molecule has 2 unspecified atom stereocenters. The molecule has 5 N–H and O–H groups in total. The van der Waals surface area contributed by atoms with E-state index in [4.69, 9.17) is 11.5 Å². The smallest absolute Gasteiger partial charge is 0.220 e. The minimum atomic E-state index is 0.0686. The fourth-order valence-corrected chi connectivity index (χ4v) is 3.86. The number of hydrogen-bond donors (Lipinski definition) is 3. The molecular formula is C15H29N3O. The van der Waals surface area contributed by atoms with Crippen molar-refractivity contribution in [1.82, 2.24) is 5.32 Å². The van der Waals surface area contributed by atoms with E-state index in [-0.39, 0.29) is 11.3 Å². The van der Waals surface area contributed by atoms with Crippen molar-refractivity contribution in [3.8, 4) is 0 Å². The topological polar surface area (TPSA) is 81.1 Å². The van der Waals surface area contributed by atoms with Crippen LogP contribution in [-0.2, 0) is 4.79 Å². The number of amides is 1. The fraction of sp³-hybridized carbons (Fsp3) is 0.933. The van der Waals surface area contributed by atoms with Crippen LogP contribution in [0.15, 0.2) is 0 Å². The van der Waals surface area contributed by atoms with Crippen molar-refractivity contribution in [2.24, 2.45) is 22.8 Å². The standard InChI is InChI=1S/C15H29N3O/c16-10-12-5-4-6-13(12)18-14(19)9-15(11-17)7-2-1-3-8-15/h12-13H,1-11,16-17H2,(H,18,19). The maximum absolute atomic E-state index is 12.3. The second-order valence-electron chi connectivity index (χ2n) is 6.54. The summed E-state index contributed by atoms with van der Waals surface area (Å²) in [5.41, 5.74) is 11.8. The molecule has 0 radical (unpaired) electrons. The predicted molar refractivity (Wildman–Crippen MR) is 77.5 cm³/mol. The molecule has 2 rings (SSSR count). The molecule has 0 heterocycles. The molecule has 0 spiro atoms. The second kappa shape index (κ2) is 6.71. The van der Waals surface area contributed by atoms with E-state index in [1.807, 2.05) is 0 Å². The molecule has 19 heavy (non-hydrogen) atoms. The molecule has 0 aromatic carbocycles. The first-order valence-electron chi connectivity index (χ1n) is 7.89. The summed E-state index contributed by atoms with van der Waals surface area (Å²) in [5.74, 6) is 0.668. The third-order valence-corrected chi connectivity index (χ3v) is 5.19. The van der Waals surface area contributed by atoms with Crippen molar-refractivity contribution in [2.75, 3.05) is 13.1 Å². The van der Waals surface area contributed by atoms with Crippen LogP contribution in [0, 0.1) is 11.3 Å². The summed E-state index contributed by atoms with van der Waals surface area (Å²) in [4.78, 5) is 12.3. The van der Waals surface area contributed by atoms with Gasteiger partial charge in [0, 0.05) is 12.5 Å². The molecule has 0 bridgehead atoms. The van der Waals surface area contributed by atoms with Gasteiger partial charge in [-0.3, -0.25) is 4.79 Å². The van der Waals surface area contributed by atoms with E-state index in [2.05, 4.69) is 5.32 Å². The largest absolute Gasteiger partial charge is 0.353 e. The maximum Gasteiger partial charge on any atom is 0.220 e. The average Bonchev–Trinajstić information content (AvgIpc) is 2.86. The van der Waals surface area contributed by atoms with Crippen molar-refractivity contribution >= 4 is 5.91 Å². The number of carbonyl (C=O) groups is 1. The Kier molecular flexibility index (Phi) is 5.22. The van der Waals surface area contributed by atoms with Gasteiger partial charge in [0.1, 0.15) is 0 Å². The number of nitrogens with two attached hydrogens (primary N) is 2. The predicted octanol–water partition coefficient (Wildman–Crippen LogP) is 1.53. The number of hydrogen-bond acceptors (Lipinski definition) is 3. The van der Waals surface area contributed by atoms with E-state index in [1.165, 1.54) is 25.7 Å². The van der Waals surface area contributed by atoms with Crippen molar-refractivity contribution in [3.63, 3.8) is 0 Å². The summed E-state index contributed by atoms with van der Waals surface area (Å²) in [6.45, 7) is 1.33. The molecule has 0 aromatic rings. The molecule has 4 heteroatoms. The van der Waals surface area contributed by atoms with E-state index in [0.717, 1.165) is 25.7 Å². The number of carbonyl (C=O) groups excluding carboxylic acids is 1. The maximum atomic E-state index is 12.3. The number of nitrogens with one attached hydrogen (secondary N) is 1. The van der Waals surface area contributed by atoms with Crippen LogP contribution in [0.2, 0.25) is 0 Å². The van der Waals surface area contributed by atoms with Crippen LogP contribution in [0.4, 0.5) is 0 Å². The fourth-order valence-electron chi connectivity index (χ4n) is 3.86. The van der Waals surface area contributed by atoms with Crippen LogP contribution < -0.4 is 16.8 Å². The van der Waals surface area contributed by atoms with Gasteiger partial charge in [0.25, 0.3) is 0 Å². The number of rotatable bonds is 5. The molecule has 1 amide bonds. The van der Waals surface area contributed by atoms with Crippen LogP contribution in [0.5, 0.6) is 0 Å². The third-order valence-electron chi connectivity index (χ3n) is 5.19. The monoisotopic (exact) mass is 267 g/mol. The van der Waals surface area contributed by atoms with Crippen LogP contribution in [0.25, 0.3) is 0 Å². The van der Waals surface area contributed by atoms with Crippen LogP contribution in [0.1, 0.15) is 57.8 Å². The van der Waals surface area contributed by atoms with Crippen molar-refractivity contribution < 1.29 is 4.79 Å². The van der Waals surface area contributed by atoms with Gasteiger partial charge >= 0.3 is 0 Å². The highest BCUT2D eigenvalue weighted by atomic mass is 16.1. The van der Waals surface area contributed by atoms with Gasteiger partial charge < -0.3 is 16.8 Å². The molecule has 2 saturated carbocycles. The summed E-state index contributed by atoms with van der Waals surface area (Å²) in [5, 5.41) is 3.21. The van der Waals surface area contributed by atoms with Crippen LogP contribution in [0.3, 0.4) is 0 Å². The second-order valence-corrected chi connectivity index (χ2v) is 6.54. The Morgan fingerprint density at radius 2 is 1.84 bits per heavy atom. The van der Waals surface area contributed by atoms with Gasteiger partial charge in [0.15, 0.2) is 0 Å². The Morgan fingerprint density at radius 3 is 2.47 bits per heavy atom. The Balaban J connectivity index is 1.85. The SMILES string of the molecule is NCC1CCCC1NC(=O)CC1(CN)CCCCC1. The van der Waals surface area contributed by atoms with E-state index < -0.39 is 0 Å². The summed E-state index contributed by atoms with van der Waals surface area (Å²) in [6, 6.07) is 0.302. The highest BCUT2D eigenvalue weighted by Crippen LogP contribution is 2.38. The first-order valence-corrected chi connectivity index (χ1v) is 7.89. The van der Waals surface area contributed by atoms with E-state index in [9.17, 15) is 4.79 Å². The zero-order chi connectivity index (χ0) is 13.7. The summed E-state index contributed by atoms with van der Waals surface area (Å²) in [6.07, 6.45) is 10.0. The van der Waals surface area contributed by atoms with Gasteiger partial charge in [0.05, 0.1) is 0 Å². The highest BCUT2D eigenvalue weighted by molar-refractivity contribution is 5.77. The van der Waals surface area contributed by atoms with Gasteiger partial charge in [-0.1, -0.05) is 25.7 Å². The lowest BCUT2D eigenvalue weighted by Crippen LogP contribution is -2.44. The lowest BCUT2D eigenvalue weighted by Gasteiger charge is -2.36. The van der Waals surface area contributed by atoms with Gasteiger partial charge in [-0.05, 0) is 50.1 Å². The summed E-state index contributed by atoms with van der Waals surface area (Å²) < 4.78 is 0. The zero-order valence-electron chi connectivity index (χ0n) is 12.0. The molecule has 110 valence electrons. The van der Waals surface area contributed by atoms with Gasteiger partial charge in [-0.2, -0.15) is 0 Å². The molecule has 2 fully saturated rings. The van der Waals surface area contributed by atoms with Gasteiger partial charge in [-0.15, -0.1) is 0 Å². The lowest BCUT2D eigenvalue weighted by molar-refractivity contribution is -0.124. The zero-order valence-corrected chi connectivity index (χ0v) is 12.0. The molecule has 2 aliphatic rings. The first kappa shape index (κ1) is 14.8. The van der Waals surface area contributed by atoms with Crippen molar-refractivity contribution in [1.29, 1.82) is 0 Å². The normalized spacial score (nSPS) is 30.2. The third kappa shape index (κ3) is 3.69. The van der Waals surface area contributed by atoms with Crippen molar-refractivity contribution in [2.45, 2.75) is 63.8 Å². The summed E-state index contributed by atoms with van der Waals surface area (Å²) in [7, 11) is 0. The molecule has 4 nitrogen and oxygen atoms in total. The molecule has 2 atom stereocenters. The molecule has 0 aromatic heterocycles. The lowest BCUT2D eigenvalue weighted by atomic mass is 9.71. The van der Waals surface area contributed by atoms with Crippen molar-refractivity contribution in [3.05, 3.63) is 0 Å². The quantitative estimate of drug-likeness (QED) is 0.706. The Bertz CT molecular complexity index is 300. The minimum Gasteiger partial charge on any atom is -0.353 e. The molecule has 0 aliphatic heterocycles. The molecule has 2 aliphatic carbocycles. The van der Waals surface area contributed by atoms with Crippen LogP contribution in [-0.4, -0.2) is 25.0 Å². The van der Waals surface area contributed by atoms with E-state index in [0.29, 0.717) is 31.5 Å². The van der Waals surface area contributed by atoms with E-state index in [1.54, 1.807) is 0 Å². The molecule has 0 saturated heterocycles. The Hall–Kier alpha value is -0.610. The van der Waals surface area contributed by atoms with E-state index >= 15 is 0 Å². The highest BCUT2D eigenvalue weighted by Gasteiger charge is 2.34. The van der Waals surface area contributed by atoms with Gasteiger partial charge in [-0.25, -0.2) is 0 Å². The average molecular weight is 267 g/mol. The molecular weight excluding hydrogens is 238 g/mol. The first-order chi connectivity index (χ1) is 9.19. The van der Waals surface area contributed by atoms with Gasteiger partial charge in [0.2, 0.25) is 5.91 Å². The summed E-state index contributed by atoms with van der Waals surface area (Å²) >= 11 is 0.